The Kier molecular flexibility index (Phi) is 4.89. The van der Waals surface area contributed by atoms with E-state index in [1.807, 2.05) is 0 Å². The summed E-state index contributed by atoms with van der Waals surface area (Å²) in [6, 6.07) is 6.70. The van der Waals surface area contributed by atoms with Gasteiger partial charge in [-0.05, 0) is 30.7 Å². The molecule has 1 N–H and O–H groups in total. The monoisotopic (exact) mass is 245 g/mol. The molecule has 1 aromatic rings. The Balaban J connectivity index is 2.52. The first kappa shape index (κ1) is 13.1. The topological polar surface area (TPSA) is 46.2 Å². The molecule has 0 unspecified atom stereocenters. The van der Waals surface area contributed by atoms with Crippen LogP contribution in [0.15, 0.2) is 29.2 Å². The smallest absolute Gasteiger partial charge is 0.175 e. The molecule has 0 spiro atoms. The molecule has 0 saturated carbocycles. The normalized spacial score (nSPS) is 11.6. The minimum absolute atomic E-state index is 0.319. The predicted molar refractivity (Wildman–Crippen MR) is 61.9 cm³/mol. The van der Waals surface area contributed by atoms with Gasteiger partial charge in [0.25, 0.3) is 0 Å². The summed E-state index contributed by atoms with van der Waals surface area (Å²) in [4.78, 5) is 0.319. The van der Waals surface area contributed by atoms with Gasteiger partial charge >= 0.3 is 0 Å². The first-order valence-electron chi connectivity index (χ1n) is 5.09. The summed E-state index contributed by atoms with van der Waals surface area (Å²) in [6.45, 7) is 0.939. The predicted octanol–water partition coefficient (Wildman–Crippen LogP) is 1.54. The van der Waals surface area contributed by atoms with E-state index in [1.165, 1.54) is 6.26 Å². The second-order valence-corrected chi connectivity index (χ2v) is 5.65. The van der Waals surface area contributed by atoms with Crippen LogP contribution in [-0.4, -0.2) is 27.9 Å². The number of benzene rings is 1. The summed E-state index contributed by atoms with van der Waals surface area (Å²) < 4.78 is 34.2. The highest BCUT2D eigenvalue weighted by Crippen LogP contribution is 2.09. The SMILES string of the molecule is CS(=O)(=O)c1ccc(CNCCCF)cc1. The molecule has 0 atom stereocenters. The molecule has 1 rings (SSSR count). The van der Waals surface area contributed by atoms with Gasteiger partial charge in [-0.15, -0.1) is 0 Å². The van der Waals surface area contributed by atoms with Crippen molar-refractivity contribution in [2.45, 2.75) is 17.9 Å². The zero-order valence-electron chi connectivity index (χ0n) is 9.24. The molecule has 3 nitrogen and oxygen atoms in total. The third-order valence-corrected chi connectivity index (χ3v) is 3.30. The van der Waals surface area contributed by atoms with E-state index in [0.717, 1.165) is 5.56 Å². The molecule has 0 aliphatic carbocycles. The molecule has 0 bridgehead atoms. The van der Waals surface area contributed by atoms with Crippen molar-refractivity contribution in [1.82, 2.24) is 5.32 Å². The van der Waals surface area contributed by atoms with E-state index in [4.69, 9.17) is 0 Å². The van der Waals surface area contributed by atoms with Gasteiger partial charge in [-0.2, -0.15) is 0 Å². The summed E-state index contributed by atoms with van der Waals surface area (Å²) in [5, 5.41) is 3.07. The Bertz CT molecular complexity index is 414. The Morgan fingerprint density at radius 2 is 1.88 bits per heavy atom. The van der Waals surface area contributed by atoms with Gasteiger partial charge in [-0.3, -0.25) is 4.39 Å². The Hall–Kier alpha value is -0.940. The summed E-state index contributed by atoms with van der Waals surface area (Å²) in [7, 11) is -3.12. The Morgan fingerprint density at radius 1 is 1.25 bits per heavy atom. The number of halogens is 1. The molecule has 0 aliphatic heterocycles. The van der Waals surface area contributed by atoms with E-state index in [2.05, 4.69) is 5.32 Å². The molecule has 0 aliphatic rings. The lowest BCUT2D eigenvalue weighted by Crippen LogP contribution is -2.15. The molecule has 0 heterocycles. The highest BCUT2D eigenvalue weighted by atomic mass is 32.2. The van der Waals surface area contributed by atoms with Crippen molar-refractivity contribution >= 4 is 9.84 Å². The number of hydrogen-bond acceptors (Lipinski definition) is 3. The zero-order chi connectivity index (χ0) is 12.0. The second-order valence-electron chi connectivity index (χ2n) is 3.64. The van der Waals surface area contributed by atoms with Crippen LogP contribution in [0, 0.1) is 0 Å². The molecule has 16 heavy (non-hydrogen) atoms. The van der Waals surface area contributed by atoms with E-state index in [0.29, 0.717) is 24.4 Å². The molecular weight excluding hydrogens is 229 g/mol. The summed E-state index contributed by atoms with van der Waals surface area (Å²) in [5.41, 5.74) is 0.992. The van der Waals surface area contributed by atoms with Crippen LogP contribution in [0.1, 0.15) is 12.0 Å². The average molecular weight is 245 g/mol. The van der Waals surface area contributed by atoms with Gasteiger partial charge in [-0.1, -0.05) is 12.1 Å². The maximum absolute atomic E-state index is 11.8. The third kappa shape index (κ3) is 4.28. The summed E-state index contributed by atoms with van der Waals surface area (Å²) >= 11 is 0. The molecule has 0 amide bonds. The molecular formula is C11H16FNO2S. The van der Waals surface area contributed by atoms with Crippen LogP contribution < -0.4 is 5.32 Å². The van der Waals surface area contributed by atoms with Crippen LogP contribution in [0.4, 0.5) is 4.39 Å². The third-order valence-electron chi connectivity index (χ3n) is 2.17. The van der Waals surface area contributed by atoms with Crippen molar-refractivity contribution in [1.29, 1.82) is 0 Å². The average Bonchev–Trinajstić information content (AvgIpc) is 2.24. The van der Waals surface area contributed by atoms with Gasteiger partial charge in [-0.25, -0.2) is 8.42 Å². The largest absolute Gasteiger partial charge is 0.313 e. The Labute approximate surface area is 95.6 Å². The molecule has 0 fully saturated rings. The first-order chi connectivity index (χ1) is 7.54. The summed E-state index contributed by atoms with van der Waals surface area (Å²) in [5.74, 6) is 0. The van der Waals surface area contributed by atoms with Crippen LogP contribution in [0.25, 0.3) is 0 Å². The standard InChI is InChI=1S/C11H16FNO2S/c1-16(14,15)11-5-3-10(4-6-11)9-13-8-2-7-12/h3-6,13H,2,7-9H2,1H3. The molecule has 1 aromatic carbocycles. The number of hydrogen-bond donors (Lipinski definition) is 1. The van der Waals surface area contributed by atoms with Gasteiger partial charge in [0, 0.05) is 12.8 Å². The lowest BCUT2D eigenvalue weighted by atomic mass is 10.2. The zero-order valence-corrected chi connectivity index (χ0v) is 10.1. The summed E-state index contributed by atoms with van der Waals surface area (Å²) in [6.07, 6.45) is 1.68. The van der Waals surface area contributed by atoms with Crippen LogP contribution in [0.2, 0.25) is 0 Å². The van der Waals surface area contributed by atoms with Gasteiger partial charge in [0.2, 0.25) is 0 Å². The lowest BCUT2D eigenvalue weighted by Gasteiger charge is -2.04. The van der Waals surface area contributed by atoms with Gasteiger partial charge in [0.1, 0.15) is 0 Å². The number of nitrogens with one attached hydrogen (secondary N) is 1. The number of sulfone groups is 1. The van der Waals surface area contributed by atoms with Crippen molar-refractivity contribution in [2.75, 3.05) is 19.5 Å². The minimum Gasteiger partial charge on any atom is -0.313 e. The fourth-order valence-corrected chi connectivity index (χ4v) is 1.91. The van der Waals surface area contributed by atoms with E-state index in [1.54, 1.807) is 24.3 Å². The van der Waals surface area contributed by atoms with Gasteiger partial charge in [0.15, 0.2) is 9.84 Å². The maximum Gasteiger partial charge on any atom is 0.175 e. The lowest BCUT2D eigenvalue weighted by molar-refractivity contribution is 0.459. The molecule has 0 saturated heterocycles. The van der Waals surface area contributed by atoms with Crippen molar-refractivity contribution in [2.24, 2.45) is 0 Å². The van der Waals surface area contributed by atoms with Gasteiger partial charge < -0.3 is 5.32 Å². The van der Waals surface area contributed by atoms with Gasteiger partial charge in [0.05, 0.1) is 11.6 Å². The van der Waals surface area contributed by atoms with Crippen molar-refractivity contribution in [3.05, 3.63) is 29.8 Å². The fraction of sp³-hybridized carbons (Fsp3) is 0.455. The second kappa shape index (κ2) is 5.96. The molecule has 5 heteroatoms. The highest BCUT2D eigenvalue weighted by molar-refractivity contribution is 7.90. The fourth-order valence-electron chi connectivity index (χ4n) is 1.28. The van der Waals surface area contributed by atoms with Crippen LogP contribution in [0.5, 0.6) is 0 Å². The maximum atomic E-state index is 11.8. The minimum atomic E-state index is -3.12. The first-order valence-corrected chi connectivity index (χ1v) is 6.99. The number of rotatable bonds is 6. The highest BCUT2D eigenvalue weighted by Gasteiger charge is 2.05. The molecule has 0 radical (unpaired) electrons. The van der Waals surface area contributed by atoms with Crippen molar-refractivity contribution in [3.63, 3.8) is 0 Å². The van der Waals surface area contributed by atoms with E-state index in [-0.39, 0.29) is 6.67 Å². The van der Waals surface area contributed by atoms with Crippen molar-refractivity contribution in [3.8, 4) is 0 Å². The molecule has 90 valence electrons. The molecule has 0 aromatic heterocycles. The van der Waals surface area contributed by atoms with E-state index in [9.17, 15) is 12.8 Å². The van der Waals surface area contributed by atoms with Crippen molar-refractivity contribution < 1.29 is 12.8 Å². The quantitative estimate of drug-likeness (QED) is 0.773. The Morgan fingerprint density at radius 3 is 2.38 bits per heavy atom. The number of alkyl halides is 1. The van der Waals surface area contributed by atoms with Crippen LogP contribution >= 0.6 is 0 Å². The van der Waals surface area contributed by atoms with Crippen LogP contribution in [0.3, 0.4) is 0 Å². The van der Waals surface area contributed by atoms with Crippen LogP contribution in [-0.2, 0) is 16.4 Å². The van der Waals surface area contributed by atoms with E-state index >= 15 is 0 Å². The van der Waals surface area contributed by atoms with E-state index < -0.39 is 9.84 Å².